The Labute approximate surface area is 87.9 Å². The van der Waals surface area contributed by atoms with Crippen molar-refractivity contribution in [3.05, 3.63) is 18.7 Å². The van der Waals surface area contributed by atoms with Crippen molar-refractivity contribution in [2.24, 2.45) is 5.16 Å². The van der Waals surface area contributed by atoms with E-state index in [0.717, 1.165) is 0 Å². The molecular formula is C9H14N4O2. The molecule has 1 heterocycles. The highest BCUT2D eigenvalue weighted by molar-refractivity contribution is 5.70. The monoisotopic (exact) mass is 210 g/mol. The number of oxime groups is 1. The van der Waals surface area contributed by atoms with Crippen LogP contribution in [0.15, 0.2) is 23.9 Å². The van der Waals surface area contributed by atoms with Crippen molar-refractivity contribution in [3.63, 3.8) is 0 Å². The van der Waals surface area contributed by atoms with Gasteiger partial charge in [0.2, 0.25) is 0 Å². The molecule has 0 aromatic carbocycles. The van der Waals surface area contributed by atoms with E-state index in [1.165, 1.54) is 13.3 Å². The number of carbonyl (C=O) groups excluding carboxylic acids is 1. The number of hydrogen-bond acceptors (Lipinski definition) is 4. The number of rotatable bonds is 3. The number of amides is 1. The van der Waals surface area contributed by atoms with E-state index in [1.807, 2.05) is 24.6 Å². The first kappa shape index (κ1) is 11.2. The summed E-state index contributed by atoms with van der Waals surface area (Å²) in [5, 5.41) is 5.88. The van der Waals surface area contributed by atoms with Crippen LogP contribution in [0.3, 0.4) is 0 Å². The fraction of sp³-hybridized carbons (Fsp3) is 0.444. The Kier molecular flexibility index (Phi) is 3.43. The molecule has 0 bridgehead atoms. The molecule has 0 aliphatic carbocycles. The Morgan fingerprint density at radius 2 is 2.40 bits per heavy atom. The molecule has 0 unspecified atom stereocenters. The van der Waals surface area contributed by atoms with Crippen molar-refractivity contribution in [3.8, 4) is 0 Å². The SMILES string of the molecule is CNC(=O)ON=CC(C)(C)n1ccnc1. The van der Waals surface area contributed by atoms with Crippen LogP contribution in [-0.4, -0.2) is 28.9 Å². The van der Waals surface area contributed by atoms with Gasteiger partial charge in [-0.2, -0.15) is 0 Å². The lowest BCUT2D eigenvalue weighted by Gasteiger charge is -2.20. The van der Waals surface area contributed by atoms with Crippen molar-refractivity contribution in [2.45, 2.75) is 19.4 Å². The minimum absolute atomic E-state index is 0.384. The van der Waals surface area contributed by atoms with Gasteiger partial charge in [-0.3, -0.25) is 4.84 Å². The fourth-order valence-corrected chi connectivity index (χ4v) is 0.916. The maximum Gasteiger partial charge on any atom is 0.433 e. The Morgan fingerprint density at radius 1 is 1.67 bits per heavy atom. The van der Waals surface area contributed by atoms with Crippen LogP contribution in [0.25, 0.3) is 0 Å². The summed E-state index contributed by atoms with van der Waals surface area (Å²) < 4.78 is 1.85. The van der Waals surface area contributed by atoms with Gasteiger partial charge in [0.15, 0.2) is 0 Å². The molecule has 0 spiro atoms. The summed E-state index contributed by atoms with van der Waals surface area (Å²) in [5.74, 6) is 0. The molecule has 82 valence electrons. The highest BCUT2D eigenvalue weighted by Gasteiger charge is 2.16. The molecule has 6 nitrogen and oxygen atoms in total. The van der Waals surface area contributed by atoms with Crippen LogP contribution in [0.4, 0.5) is 4.79 Å². The smallest absolute Gasteiger partial charge is 0.327 e. The van der Waals surface area contributed by atoms with E-state index in [9.17, 15) is 4.79 Å². The van der Waals surface area contributed by atoms with Crippen LogP contribution < -0.4 is 5.32 Å². The highest BCUT2D eigenvalue weighted by Crippen LogP contribution is 2.10. The summed E-state index contributed by atoms with van der Waals surface area (Å²) in [6.07, 6.45) is 6.10. The third-order valence-electron chi connectivity index (χ3n) is 1.88. The third-order valence-corrected chi connectivity index (χ3v) is 1.88. The maximum absolute atomic E-state index is 10.7. The molecule has 0 aliphatic rings. The number of hydrogen-bond donors (Lipinski definition) is 1. The lowest BCUT2D eigenvalue weighted by Crippen LogP contribution is -2.27. The molecular weight excluding hydrogens is 196 g/mol. The van der Waals surface area contributed by atoms with Crippen LogP contribution in [0.2, 0.25) is 0 Å². The van der Waals surface area contributed by atoms with Crippen molar-refractivity contribution in [1.29, 1.82) is 0 Å². The molecule has 1 aromatic rings. The van der Waals surface area contributed by atoms with Crippen LogP contribution >= 0.6 is 0 Å². The van der Waals surface area contributed by atoms with E-state index in [4.69, 9.17) is 0 Å². The van der Waals surface area contributed by atoms with Crippen molar-refractivity contribution in [2.75, 3.05) is 7.05 Å². The van der Waals surface area contributed by atoms with E-state index < -0.39 is 6.09 Å². The van der Waals surface area contributed by atoms with Gasteiger partial charge in [0.05, 0.1) is 18.1 Å². The zero-order chi connectivity index (χ0) is 11.3. The van der Waals surface area contributed by atoms with Crippen molar-refractivity contribution >= 4 is 12.3 Å². The van der Waals surface area contributed by atoms with Gasteiger partial charge in [-0.15, -0.1) is 0 Å². The standard InChI is InChI=1S/C9H14N4O2/c1-9(2,13-5-4-11-7-13)6-12-15-8(14)10-3/h4-7H,1-3H3,(H,10,14). The van der Waals surface area contributed by atoms with Gasteiger partial charge in [-0.1, -0.05) is 5.16 Å². The second-order valence-corrected chi connectivity index (χ2v) is 3.49. The Hall–Kier alpha value is -1.85. The first-order valence-electron chi connectivity index (χ1n) is 4.48. The number of aromatic nitrogens is 2. The quantitative estimate of drug-likeness (QED) is 0.459. The third kappa shape index (κ3) is 3.08. The van der Waals surface area contributed by atoms with E-state index in [1.54, 1.807) is 12.5 Å². The summed E-state index contributed by atoms with van der Waals surface area (Å²) in [6, 6.07) is 0. The van der Waals surface area contributed by atoms with Gasteiger partial charge >= 0.3 is 6.09 Å². The van der Waals surface area contributed by atoms with Crippen molar-refractivity contribution < 1.29 is 9.63 Å². The summed E-state index contributed by atoms with van der Waals surface area (Å²) >= 11 is 0. The second kappa shape index (κ2) is 4.59. The summed E-state index contributed by atoms with van der Waals surface area (Å²) in [7, 11) is 1.47. The molecule has 0 saturated heterocycles. The average Bonchev–Trinajstić information content (AvgIpc) is 2.70. The molecule has 6 heteroatoms. The van der Waals surface area contributed by atoms with Gasteiger partial charge in [0.25, 0.3) is 0 Å². The molecule has 1 N–H and O–H groups in total. The van der Waals surface area contributed by atoms with E-state index in [2.05, 4.69) is 20.3 Å². The summed E-state index contributed by atoms with van der Waals surface area (Å²) in [5.41, 5.74) is -0.384. The number of carbonyl (C=O) groups is 1. The van der Waals surface area contributed by atoms with E-state index >= 15 is 0 Å². The number of imidazole rings is 1. The van der Waals surface area contributed by atoms with E-state index in [-0.39, 0.29) is 5.54 Å². The zero-order valence-corrected chi connectivity index (χ0v) is 8.97. The van der Waals surface area contributed by atoms with Gasteiger partial charge in [-0.05, 0) is 13.8 Å². The molecule has 0 radical (unpaired) electrons. The van der Waals surface area contributed by atoms with Gasteiger partial charge in [0, 0.05) is 19.4 Å². The largest absolute Gasteiger partial charge is 0.433 e. The van der Waals surface area contributed by atoms with Crippen LogP contribution in [-0.2, 0) is 10.4 Å². The van der Waals surface area contributed by atoms with Crippen LogP contribution in [0.1, 0.15) is 13.8 Å². The van der Waals surface area contributed by atoms with Gasteiger partial charge in [-0.25, -0.2) is 9.78 Å². The molecule has 1 aromatic heterocycles. The number of nitrogens with zero attached hydrogens (tertiary/aromatic N) is 3. The molecule has 0 saturated carbocycles. The predicted octanol–water partition coefficient (Wildman–Crippen LogP) is 0.960. The first-order valence-corrected chi connectivity index (χ1v) is 4.48. The Morgan fingerprint density at radius 3 is 2.93 bits per heavy atom. The Bertz CT molecular complexity index is 343. The molecule has 1 amide bonds. The average molecular weight is 210 g/mol. The lowest BCUT2D eigenvalue weighted by atomic mass is 10.1. The zero-order valence-electron chi connectivity index (χ0n) is 8.97. The summed E-state index contributed by atoms with van der Waals surface area (Å²) in [6.45, 7) is 3.84. The molecule has 0 fully saturated rings. The van der Waals surface area contributed by atoms with E-state index in [0.29, 0.717) is 0 Å². The lowest BCUT2D eigenvalue weighted by molar-refractivity contribution is 0.152. The second-order valence-electron chi connectivity index (χ2n) is 3.49. The predicted molar refractivity (Wildman–Crippen MR) is 55.6 cm³/mol. The summed E-state index contributed by atoms with van der Waals surface area (Å²) in [4.78, 5) is 19.2. The minimum atomic E-state index is -0.590. The first-order chi connectivity index (χ1) is 7.06. The Balaban J connectivity index is 2.60. The topological polar surface area (TPSA) is 68.5 Å². The van der Waals surface area contributed by atoms with Crippen LogP contribution in [0.5, 0.6) is 0 Å². The number of nitrogens with one attached hydrogen (secondary N) is 1. The fourth-order valence-electron chi connectivity index (χ4n) is 0.916. The highest BCUT2D eigenvalue weighted by atomic mass is 16.7. The van der Waals surface area contributed by atoms with Gasteiger partial charge in [0.1, 0.15) is 0 Å². The normalized spacial score (nSPS) is 11.7. The van der Waals surface area contributed by atoms with Gasteiger partial charge < -0.3 is 9.88 Å². The minimum Gasteiger partial charge on any atom is -0.327 e. The van der Waals surface area contributed by atoms with Crippen LogP contribution in [0, 0.1) is 0 Å². The molecule has 0 atom stereocenters. The molecule has 15 heavy (non-hydrogen) atoms. The molecule has 0 aliphatic heterocycles. The van der Waals surface area contributed by atoms with Crippen molar-refractivity contribution in [1.82, 2.24) is 14.9 Å². The molecule has 1 rings (SSSR count). The maximum atomic E-state index is 10.7.